The van der Waals surface area contributed by atoms with Gasteiger partial charge in [0.1, 0.15) is 0 Å². The molecule has 4 aliphatic rings. The van der Waals surface area contributed by atoms with Gasteiger partial charge in [-0.3, -0.25) is 0 Å². The Morgan fingerprint density at radius 2 is 1.03 bits per heavy atom. The van der Waals surface area contributed by atoms with Crippen LogP contribution in [-0.2, 0) is 5.41 Å². The van der Waals surface area contributed by atoms with Crippen LogP contribution in [0.3, 0.4) is 0 Å². The van der Waals surface area contributed by atoms with Crippen molar-refractivity contribution in [2.75, 3.05) is 10.2 Å². The van der Waals surface area contributed by atoms with Gasteiger partial charge in [0.25, 0.3) is 0 Å². The average molecular weight is 801 g/mol. The summed E-state index contributed by atoms with van der Waals surface area (Å²) in [5.74, 6) is 0.748. The van der Waals surface area contributed by atoms with Gasteiger partial charge in [0, 0.05) is 39.8 Å². The van der Waals surface area contributed by atoms with Crippen LogP contribution in [0.1, 0.15) is 69.1 Å². The summed E-state index contributed by atoms with van der Waals surface area (Å²) in [6.07, 6.45) is 14.2. The normalized spacial score (nSPS) is 18.2. The van der Waals surface area contributed by atoms with Gasteiger partial charge in [-0.05, 0) is 159 Å². The molecule has 0 amide bonds. The van der Waals surface area contributed by atoms with Gasteiger partial charge >= 0.3 is 0 Å². The quantitative estimate of drug-likeness (QED) is 0.165. The van der Waals surface area contributed by atoms with Gasteiger partial charge in [-0.1, -0.05) is 160 Å². The Morgan fingerprint density at radius 1 is 0.500 bits per heavy atom. The van der Waals surface area contributed by atoms with E-state index in [9.17, 15) is 0 Å². The zero-order valence-electron chi connectivity index (χ0n) is 35.9. The lowest BCUT2D eigenvalue weighted by molar-refractivity contribution is 0.564. The number of para-hydroxylation sites is 1. The summed E-state index contributed by atoms with van der Waals surface area (Å²) in [4.78, 5) is 2.40. The van der Waals surface area contributed by atoms with Crippen molar-refractivity contribution >= 4 is 28.4 Å². The van der Waals surface area contributed by atoms with Gasteiger partial charge in [0.05, 0.1) is 0 Å². The molecule has 11 rings (SSSR count). The van der Waals surface area contributed by atoms with Crippen LogP contribution in [0.2, 0.25) is 0 Å². The highest BCUT2D eigenvalue weighted by molar-refractivity contribution is 5.86. The summed E-state index contributed by atoms with van der Waals surface area (Å²) in [6.45, 7) is 7.15. The van der Waals surface area contributed by atoms with Gasteiger partial charge in [0.15, 0.2) is 0 Å². The van der Waals surface area contributed by atoms with Crippen molar-refractivity contribution in [3.8, 4) is 33.4 Å². The SMILES string of the molecule is CC1C2=C(CCC=C2)C2=C(C=CCC2)C1c1ccccc1Nc1ccc(-c2ccc(N(c3ccc(-c4ccccc4)cc3)c3ccc4c(c3)C(C)(C)c3ccccc3-4)cc2)cc1. The molecule has 0 heterocycles. The number of allylic oxidation sites excluding steroid dienone is 8. The molecule has 0 saturated carbocycles. The zero-order valence-corrected chi connectivity index (χ0v) is 35.9. The molecule has 2 atom stereocenters. The van der Waals surface area contributed by atoms with Crippen molar-refractivity contribution in [2.45, 2.75) is 57.8 Å². The Labute approximate surface area is 367 Å². The summed E-state index contributed by atoms with van der Waals surface area (Å²) in [7, 11) is 0. The van der Waals surface area contributed by atoms with Crippen LogP contribution in [0.25, 0.3) is 33.4 Å². The number of nitrogens with one attached hydrogen (secondary N) is 1. The fraction of sp³-hybridized carbons (Fsp3) is 0.167. The molecule has 0 spiro atoms. The third-order valence-corrected chi connectivity index (χ3v) is 14.1. The third kappa shape index (κ3) is 6.57. The highest BCUT2D eigenvalue weighted by Crippen LogP contribution is 2.53. The highest BCUT2D eigenvalue weighted by Gasteiger charge is 2.37. The van der Waals surface area contributed by atoms with Crippen LogP contribution in [0.5, 0.6) is 0 Å². The second-order valence-electron chi connectivity index (χ2n) is 18.0. The highest BCUT2D eigenvalue weighted by atomic mass is 15.1. The molecule has 0 aromatic heterocycles. The van der Waals surface area contributed by atoms with E-state index in [2.05, 4.69) is 225 Å². The van der Waals surface area contributed by atoms with E-state index in [1.165, 1.54) is 67.8 Å². The number of hydrogen-bond donors (Lipinski definition) is 1. The summed E-state index contributed by atoms with van der Waals surface area (Å²) < 4.78 is 0. The molecule has 2 heteroatoms. The van der Waals surface area contributed by atoms with Crippen molar-refractivity contribution in [3.63, 3.8) is 0 Å². The fourth-order valence-electron chi connectivity index (χ4n) is 10.9. The molecule has 62 heavy (non-hydrogen) atoms. The predicted octanol–water partition coefficient (Wildman–Crippen LogP) is 16.6. The second-order valence-corrected chi connectivity index (χ2v) is 18.0. The van der Waals surface area contributed by atoms with Crippen molar-refractivity contribution in [2.24, 2.45) is 5.92 Å². The summed E-state index contributed by atoms with van der Waals surface area (Å²) in [6, 6.07) is 62.5. The topological polar surface area (TPSA) is 15.3 Å². The molecule has 2 nitrogen and oxygen atoms in total. The van der Waals surface area contributed by atoms with Crippen LogP contribution < -0.4 is 10.2 Å². The first-order valence-electron chi connectivity index (χ1n) is 22.5. The lowest BCUT2D eigenvalue weighted by Gasteiger charge is -2.39. The monoisotopic (exact) mass is 800 g/mol. The van der Waals surface area contributed by atoms with Gasteiger partial charge in [-0.15, -0.1) is 0 Å². The summed E-state index contributed by atoms with van der Waals surface area (Å²) >= 11 is 0. The van der Waals surface area contributed by atoms with Gasteiger partial charge in [0.2, 0.25) is 0 Å². The Morgan fingerprint density at radius 3 is 1.73 bits per heavy atom. The van der Waals surface area contributed by atoms with Crippen LogP contribution >= 0.6 is 0 Å². The minimum Gasteiger partial charge on any atom is -0.355 e. The Bertz CT molecular complexity index is 2940. The van der Waals surface area contributed by atoms with Crippen LogP contribution in [0, 0.1) is 5.92 Å². The smallest absolute Gasteiger partial charge is 0.0465 e. The third-order valence-electron chi connectivity index (χ3n) is 14.1. The van der Waals surface area contributed by atoms with E-state index in [1.54, 1.807) is 16.7 Å². The van der Waals surface area contributed by atoms with E-state index in [1.807, 2.05) is 0 Å². The fourth-order valence-corrected chi connectivity index (χ4v) is 10.9. The molecule has 0 radical (unpaired) electrons. The first-order valence-corrected chi connectivity index (χ1v) is 22.5. The maximum absolute atomic E-state index is 3.85. The number of hydrogen-bond acceptors (Lipinski definition) is 2. The molecule has 1 N–H and O–H groups in total. The maximum Gasteiger partial charge on any atom is 0.0465 e. The van der Waals surface area contributed by atoms with Gasteiger partial charge in [-0.2, -0.15) is 0 Å². The number of rotatable bonds is 8. The van der Waals surface area contributed by atoms with E-state index < -0.39 is 0 Å². The Kier molecular flexibility index (Phi) is 9.53. The van der Waals surface area contributed by atoms with Crippen molar-refractivity contribution < 1.29 is 0 Å². The molecular weight excluding hydrogens is 749 g/mol. The number of benzene rings is 7. The molecule has 0 fully saturated rings. The first-order chi connectivity index (χ1) is 30.4. The van der Waals surface area contributed by atoms with E-state index in [-0.39, 0.29) is 5.41 Å². The van der Waals surface area contributed by atoms with E-state index >= 15 is 0 Å². The van der Waals surface area contributed by atoms with Gasteiger partial charge in [-0.25, -0.2) is 0 Å². The molecule has 4 aliphatic carbocycles. The molecule has 7 aromatic rings. The lowest BCUT2D eigenvalue weighted by Crippen LogP contribution is -2.24. The largest absolute Gasteiger partial charge is 0.355 e. The van der Waals surface area contributed by atoms with Crippen LogP contribution in [0.4, 0.5) is 28.4 Å². The van der Waals surface area contributed by atoms with E-state index in [0.29, 0.717) is 11.8 Å². The number of fused-ring (bicyclic) bond motifs is 4. The molecule has 302 valence electrons. The van der Waals surface area contributed by atoms with Gasteiger partial charge < -0.3 is 10.2 Å². The molecular formula is C60H52N2. The summed E-state index contributed by atoms with van der Waals surface area (Å²) in [5.41, 5.74) is 23.5. The number of nitrogens with zero attached hydrogens (tertiary/aromatic N) is 1. The number of anilines is 5. The average Bonchev–Trinajstić information content (AvgIpc) is 3.56. The van der Waals surface area contributed by atoms with Crippen molar-refractivity contribution in [3.05, 3.63) is 233 Å². The first kappa shape index (κ1) is 38.1. The predicted molar refractivity (Wildman–Crippen MR) is 262 cm³/mol. The Balaban J connectivity index is 0.889. The second kappa shape index (κ2) is 15.5. The van der Waals surface area contributed by atoms with E-state index in [0.717, 1.165) is 42.0 Å². The molecule has 0 aliphatic heterocycles. The lowest BCUT2D eigenvalue weighted by atomic mass is 9.65. The van der Waals surface area contributed by atoms with Crippen molar-refractivity contribution in [1.82, 2.24) is 0 Å². The van der Waals surface area contributed by atoms with Crippen LogP contribution in [-0.4, -0.2) is 0 Å². The maximum atomic E-state index is 3.85. The molecule has 7 aromatic carbocycles. The standard InChI is InChI=1S/C60H52N2/c1-40-49-17-7-8-18-50(49)51-19-9-10-21-54(51)59(40)55-22-12-14-24-58(55)61-45-31-25-42(26-32-45)44-29-35-47(36-30-44)62(46-33-27-43(28-34-46)41-15-5-4-6-16-41)48-37-38-53-52-20-11-13-23-56(52)60(2,3)57(53)39-48/h4-7,10-17,20-40,59,61H,8-9,18-19H2,1-3H3. The molecule has 0 bridgehead atoms. The van der Waals surface area contributed by atoms with E-state index in [4.69, 9.17) is 0 Å². The van der Waals surface area contributed by atoms with Crippen molar-refractivity contribution in [1.29, 1.82) is 0 Å². The molecule has 2 unspecified atom stereocenters. The molecule has 0 saturated heterocycles. The Hall–Kier alpha value is -6.90. The zero-order chi connectivity index (χ0) is 41.8. The minimum absolute atomic E-state index is 0.0890. The minimum atomic E-state index is -0.0890. The summed E-state index contributed by atoms with van der Waals surface area (Å²) in [5, 5.41) is 3.85. The van der Waals surface area contributed by atoms with Crippen LogP contribution in [0.15, 0.2) is 216 Å².